The van der Waals surface area contributed by atoms with Gasteiger partial charge in [0.2, 0.25) is 0 Å². The number of fused-ring (bicyclic) bond motifs is 1. The quantitative estimate of drug-likeness (QED) is 0.734. The standard InChI is InChI=1S/C10H9BrO4/c1-13-10(12)7-4-6(11)5-8-9(7)15-3-2-14-8/h4-5H,2-3H2,1H3. The van der Waals surface area contributed by atoms with Crippen molar-refractivity contribution in [1.29, 1.82) is 0 Å². The molecule has 80 valence electrons. The molecule has 2 rings (SSSR count). The third kappa shape index (κ3) is 1.92. The van der Waals surface area contributed by atoms with E-state index in [1.54, 1.807) is 12.1 Å². The molecule has 0 unspecified atom stereocenters. The van der Waals surface area contributed by atoms with Crippen molar-refractivity contribution in [3.63, 3.8) is 0 Å². The number of methoxy groups -OCH3 is 1. The van der Waals surface area contributed by atoms with Gasteiger partial charge in [-0.3, -0.25) is 0 Å². The van der Waals surface area contributed by atoms with Gasteiger partial charge in [0.05, 0.1) is 7.11 Å². The minimum absolute atomic E-state index is 0.376. The van der Waals surface area contributed by atoms with Crippen molar-refractivity contribution in [2.75, 3.05) is 20.3 Å². The SMILES string of the molecule is COC(=O)c1cc(Br)cc2c1OCCO2. The number of esters is 1. The summed E-state index contributed by atoms with van der Waals surface area (Å²) in [7, 11) is 1.33. The van der Waals surface area contributed by atoms with Crippen LogP contribution in [-0.4, -0.2) is 26.3 Å². The molecule has 0 radical (unpaired) electrons. The second-order valence-corrected chi connectivity index (χ2v) is 3.88. The lowest BCUT2D eigenvalue weighted by atomic mass is 10.2. The maximum atomic E-state index is 11.5. The van der Waals surface area contributed by atoms with Crippen molar-refractivity contribution in [3.05, 3.63) is 22.2 Å². The fourth-order valence-corrected chi connectivity index (χ4v) is 1.82. The van der Waals surface area contributed by atoms with Gasteiger partial charge in [-0.1, -0.05) is 15.9 Å². The summed E-state index contributed by atoms with van der Waals surface area (Å²) in [6.07, 6.45) is 0. The summed E-state index contributed by atoms with van der Waals surface area (Å²) in [5.41, 5.74) is 0.376. The van der Waals surface area contributed by atoms with E-state index in [9.17, 15) is 4.79 Å². The fourth-order valence-electron chi connectivity index (χ4n) is 1.38. The number of rotatable bonds is 1. The Hall–Kier alpha value is -1.23. The molecule has 1 aromatic rings. The first-order valence-electron chi connectivity index (χ1n) is 4.40. The Kier molecular flexibility index (Phi) is 2.81. The summed E-state index contributed by atoms with van der Waals surface area (Å²) < 4.78 is 16.2. The first kappa shape index (κ1) is 10.3. The average molecular weight is 273 g/mol. The fraction of sp³-hybridized carbons (Fsp3) is 0.300. The van der Waals surface area contributed by atoms with Crippen LogP contribution in [0.5, 0.6) is 11.5 Å². The summed E-state index contributed by atoms with van der Waals surface area (Å²) in [6.45, 7) is 0.933. The smallest absolute Gasteiger partial charge is 0.341 e. The van der Waals surface area contributed by atoms with Crippen molar-refractivity contribution >= 4 is 21.9 Å². The number of ether oxygens (including phenoxy) is 3. The molecule has 1 aliphatic rings. The van der Waals surface area contributed by atoms with Crippen LogP contribution >= 0.6 is 15.9 Å². The van der Waals surface area contributed by atoms with E-state index in [4.69, 9.17) is 9.47 Å². The van der Waals surface area contributed by atoms with E-state index in [1.165, 1.54) is 7.11 Å². The highest BCUT2D eigenvalue weighted by atomic mass is 79.9. The minimum Gasteiger partial charge on any atom is -0.486 e. The molecule has 5 heteroatoms. The summed E-state index contributed by atoms with van der Waals surface area (Å²) >= 11 is 3.30. The Bertz CT molecular complexity index is 403. The molecule has 0 aromatic heterocycles. The molecule has 0 fully saturated rings. The van der Waals surface area contributed by atoms with E-state index in [0.717, 1.165) is 4.47 Å². The molecular formula is C10H9BrO4. The first-order valence-corrected chi connectivity index (χ1v) is 5.19. The van der Waals surface area contributed by atoms with Crippen LogP contribution in [0, 0.1) is 0 Å². The molecule has 0 amide bonds. The Morgan fingerprint density at radius 2 is 2.13 bits per heavy atom. The summed E-state index contributed by atoms with van der Waals surface area (Å²) in [5.74, 6) is 0.588. The van der Waals surface area contributed by atoms with Crippen molar-refractivity contribution in [1.82, 2.24) is 0 Å². The van der Waals surface area contributed by atoms with Gasteiger partial charge in [-0.25, -0.2) is 4.79 Å². The number of benzene rings is 1. The van der Waals surface area contributed by atoms with Gasteiger partial charge in [0, 0.05) is 4.47 Å². The zero-order chi connectivity index (χ0) is 10.8. The molecule has 1 aromatic carbocycles. The van der Waals surface area contributed by atoms with E-state index >= 15 is 0 Å². The van der Waals surface area contributed by atoms with Gasteiger partial charge < -0.3 is 14.2 Å². The number of hydrogen-bond acceptors (Lipinski definition) is 4. The zero-order valence-corrected chi connectivity index (χ0v) is 9.67. The van der Waals surface area contributed by atoms with Crippen molar-refractivity contribution in [2.24, 2.45) is 0 Å². The molecule has 1 aliphatic heterocycles. The molecule has 0 N–H and O–H groups in total. The Morgan fingerprint density at radius 3 is 2.87 bits per heavy atom. The molecule has 15 heavy (non-hydrogen) atoms. The predicted molar refractivity (Wildman–Crippen MR) is 56.5 cm³/mol. The second-order valence-electron chi connectivity index (χ2n) is 2.97. The number of halogens is 1. The molecule has 1 heterocycles. The van der Waals surface area contributed by atoms with E-state index in [1.807, 2.05) is 0 Å². The van der Waals surface area contributed by atoms with E-state index in [2.05, 4.69) is 20.7 Å². The second kappa shape index (κ2) is 4.10. The highest BCUT2D eigenvalue weighted by Crippen LogP contribution is 2.37. The molecule has 0 bridgehead atoms. The van der Waals surface area contributed by atoms with E-state index < -0.39 is 5.97 Å². The van der Waals surface area contributed by atoms with Crippen LogP contribution in [0.15, 0.2) is 16.6 Å². The molecular weight excluding hydrogens is 264 g/mol. The number of carbonyl (C=O) groups is 1. The van der Waals surface area contributed by atoms with Crippen LogP contribution in [0.4, 0.5) is 0 Å². The van der Waals surface area contributed by atoms with Gasteiger partial charge >= 0.3 is 5.97 Å². The number of hydrogen-bond donors (Lipinski definition) is 0. The molecule has 4 nitrogen and oxygen atoms in total. The average Bonchev–Trinajstić information content (AvgIpc) is 2.26. The van der Waals surface area contributed by atoms with Gasteiger partial charge in [0.15, 0.2) is 11.5 Å². The van der Waals surface area contributed by atoms with Gasteiger partial charge in [-0.15, -0.1) is 0 Å². The minimum atomic E-state index is -0.432. The highest BCUT2D eigenvalue weighted by molar-refractivity contribution is 9.10. The van der Waals surface area contributed by atoms with E-state index in [-0.39, 0.29) is 0 Å². The van der Waals surface area contributed by atoms with Crippen LogP contribution in [0.3, 0.4) is 0 Å². The highest BCUT2D eigenvalue weighted by Gasteiger charge is 2.22. The molecule has 0 spiro atoms. The third-order valence-electron chi connectivity index (χ3n) is 2.01. The predicted octanol–water partition coefficient (Wildman–Crippen LogP) is 2.01. The Morgan fingerprint density at radius 1 is 1.40 bits per heavy atom. The molecule has 0 atom stereocenters. The van der Waals surface area contributed by atoms with Crippen molar-refractivity contribution in [3.8, 4) is 11.5 Å². The van der Waals surface area contributed by atoms with Crippen LogP contribution in [0.2, 0.25) is 0 Å². The van der Waals surface area contributed by atoms with Crippen LogP contribution in [0.25, 0.3) is 0 Å². The first-order chi connectivity index (χ1) is 7.22. The maximum Gasteiger partial charge on any atom is 0.341 e. The summed E-state index contributed by atoms with van der Waals surface area (Å²) in [4.78, 5) is 11.5. The van der Waals surface area contributed by atoms with Gasteiger partial charge in [-0.2, -0.15) is 0 Å². The molecule has 0 saturated heterocycles. The lowest BCUT2D eigenvalue weighted by Crippen LogP contribution is -2.18. The van der Waals surface area contributed by atoms with Gasteiger partial charge in [0.25, 0.3) is 0 Å². The van der Waals surface area contributed by atoms with Crippen molar-refractivity contribution in [2.45, 2.75) is 0 Å². The monoisotopic (exact) mass is 272 g/mol. The van der Waals surface area contributed by atoms with Gasteiger partial charge in [-0.05, 0) is 12.1 Å². The van der Waals surface area contributed by atoms with Crippen LogP contribution in [-0.2, 0) is 4.74 Å². The summed E-state index contributed by atoms with van der Waals surface area (Å²) in [5, 5.41) is 0. The van der Waals surface area contributed by atoms with E-state index in [0.29, 0.717) is 30.3 Å². The summed E-state index contributed by atoms with van der Waals surface area (Å²) in [6, 6.07) is 3.42. The lowest BCUT2D eigenvalue weighted by molar-refractivity contribution is 0.0590. The Labute approximate surface area is 95.3 Å². The third-order valence-corrected chi connectivity index (χ3v) is 2.47. The van der Waals surface area contributed by atoms with Gasteiger partial charge in [0.1, 0.15) is 18.8 Å². The Balaban J connectivity index is 2.52. The molecule has 0 saturated carbocycles. The topological polar surface area (TPSA) is 44.8 Å². The normalized spacial score (nSPS) is 13.5. The zero-order valence-electron chi connectivity index (χ0n) is 8.08. The maximum absolute atomic E-state index is 11.5. The van der Waals surface area contributed by atoms with Crippen LogP contribution in [0.1, 0.15) is 10.4 Å². The molecule has 0 aliphatic carbocycles. The van der Waals surface area contributed by atoms with Crippen LogP contribution < -0.4 is 9.47 Å². The van der Waals surface area contributed by atoms with Crippen molar-refractivity contribution < 1.29 is 19.0 Å². The largest absolute Gasteiger partial charge is 0.486 e. The number of carbonyl (C=O) groups excluding carboxylic acids is 1. The lowest BCUT2D eigenvalue weighted by Gasteiger charge is -2.20.